The van der Waals surface area contributed by atoms with Crippen molar-refractivity contribution in [2.75, 3.05) is 46.4 Å². The monoisotopic (exact) mass is 431 g/mol. The van der Waals surface area contributed by atoms with Gasteiger partial charge in [-0.1, -0.05) is 26.0 Å². The van der Waals surface area contributed by atoms with Gasteiger partial charge < -0.3 is 15.0 Å². The summed E-state index contributed by atoms with van der Waals surface area (Å²) in [7, 11) is 1.82. The lowest BCUT2D eigenvalue weighted by Crippen LogP contribution is -2.52. The lowest BCUT2D eigenvalue weighted by Gasteiger charge is -2.37. The maximum Gasteiger partial charge on any atom is 0.317 e. The molecule has 1 aliphatic rings. The summed E-state index contributed by atoms with van der Waals surface area (Å²) in [5.74, 6) is 0.180. The average Bonchev–Trinajstić information content (AvgIpc) is 3.23. The predicted octanol–water partition coefficient (Wildman–Crippen LogP) is 3.15. The summed E-state index contributed by atoms with van der Waals surface area (Å²) in [4.78, 5) is 16.7. The van der Waals surface area contributed by atoms with Gasteiger partial charge in [0, 0.05) is 50.5 Å². The predicted molar refractivity (Wildman–Crippen MR) is 119 cm³/mol. The normalized spacial score (nSPS) is 15.8. The first-order chi connectivity index (χ1) is 14.9. The van der Waals surface area contributed by atoms with E-state index in [1.165, 1.54) is 12.1 Å². The molecule has 1 fully saturated rings. The van der Waals surface area contributed by atoms with Crippen LogP contribution in [0.25, 0.3) is 11.3 Å². The van der Waals surface area contributed by atoms with Gasteiger partial charge in [0.05, 0.1) is 18.9 Å². The molecule has 1 aliphatic heterocycles. The number of aromatic amines is 1. The van der Waals surface area contributed by atoms with E-state index in [0.29, 0.717) is 25.0 Å². The SMILES string of the molecule is CC(C)C(CNC(=O)N(C)CCCc1cc(-c2cccc(F)c2)n[nH]1)N1CCOCC1. The van der Waals surface area contributed by atoms with Crippen LogP contribution in [0, 0.1) is 11.7 Å². The number of rotatable bonds is 9. The van der Waals surface area contributed by atoms with Gasteiger partial charge >= 0.3 is 6.03 Å². The van der Waals surface area contributed by atoms with Crippen molar-refractivity contribution < 1.29 is 13.9 Å². The Labute approximate surface area is 183 Å². The number of H-pyrrole nitrogens is 1. The first kappa shape index (κ1) is 23.2. The molecule has 8 heteroatoms. The van der Waals surface area contributed by atoms with Crippen LogP contribution < -0.4 is 5.32 Å². The first-order valence-electron chi connectivity index (χ1n) is 11.0. The topological polar surface area (TPSA) is 73.5 Å². The van der Waals surface area contributed by atoms with Crippen molar-refractivity contribution in [2.24, 2.45) is 5.92 Å². The number of carbonyl (C=O) groups excluding carboxylic acids is 1. The van der Waals surface area contributed by atoms with Crippen LogP contribution in [0.4, 0.5) is 9.18 Å². The molecule has 1 unspecified atom stereocenters. The number of benzene rings is 1. The molecule has 0 aliphatic carbocycles. The number of nitrogens with one attached hydrogen (secondary N) is 2. The molecular formula is C23H34FN5O2. The van der Waals surface area contributed by atoms with Gasteiger partial charge in [-0.05, 0) is 37.0 Å². The maximum atomic E-state index is 13.4. The number of carbonyl (C=O) groups is 1. The first-order valence-corrected chi connectivity index (χ1v) is 11.0. The molecule has 1 aromatic carbocycles. The molecule has 2 amide bonds. The fraction of sp³-hybridized carbons (Fsp3) is 0.565. The van der Waals surface area contributed by atoms with E-state index in [4.69, 9.17) is 4.74 Å². The van der Waals surface area contributed by atoms with Crippen LogP contribution in [0.1, 0.15) is 26.0 Å². The van der Waals surface area contributed by atoms with Gasteiger partial charge in [0.15, 0.2) is 0 Å². The third kappa shape index (κ3) is 6.77. The van der Waals surface area contributed by atoms with Crippen molar-refractivity contribution in [3.05, 3.63) is 41.8 Å². The Morgan fingerprint density at radius 1 is 1.32 bits per heavy atom. The summed E-state index contributed by atoms with van der Waals surface area (Å²) in [5.41, 5.74) is 2.45. The van der Waals surface area contributed by atoms with E-state index in [0.717, 1.165) is 56.1 Å². The van der Waals surface area contributed by atoms with Gasteiger partial charge in [-0.2, -0.15) is 5.10 Å². The van der Waals surface area contributed by atoms with E-state index in [-0.39, 0.29) is 11.8 Å². The smallest absolute Gasteiger partial charge is 0.317 e. The molecule has 7 nitrogen and oxygen atoms in total. The molecule has 3 rings (SSSR count). The van der Waals surface area contributed by atoms with E-state index < -0.39 is 0 Å². The van der Waals surface area contributed by atoms with Crippen LogP contribution in [-0.4, -0.2) is 78.5 Å². The third-order valence-corrected chi connectivity index (χ3v) is 5.78. The summed E-state index contributed by atoms with van der Waals surface area (Å²) in [5, 5.41) is 10.4. The van der Waals surface area contributed by atoms with Gasteiger partial charge in [0.25, 0.3) is 0 Å². The summed E-state index contributed by atoms with van der Waals surface area (Å²) in [6.07, 6.45) is 1.58. The van der Waals surface area contributed by atoms with E-state index in [1.807, 2.05) is 19.2 Å². The molecule has 0 radical (unpaired) electrons. The second-order valence-electron chi connectivity index (χ2n) is 8.46. The Morgan fingerprint density at radius 2 is 2.10 bits per heavy atom. The van der Waals surface area contributed by atoms with E-state index in [9.17, 15) is 9.18 Å². The Balaban J connectivity index is 1.42. The summed E-state index contributed by atoms with van der Waals surface area (Å²) >= 11 is 0. The van der Waals surface area contributed by atoms with E-state index in [1.54, 1.807) is 11.0 Å². The van der Waals surface area contributed by atoms with Crippen molar-refractivity contribution in [3.63, 3.8) is 0 Å². The Hall–Kier alpha value is -2.45. The summed E-state index contributed by atoms with van der Waals surface area (Å²) < 4.78 is 18.8. The molecule has 1 atom stereocenters. The zero-order valence-corrected chi connectivity index (χ0v) is 18.7. The second kappa shape index (κ2) is 11.2. The molecule has 0 saturated carbocycles. The highest BCUT2D eigenvalue weighted by Crippen LogP contribution is 2.19. The molecule has 1 aromatic heterocycles. The van der Waals surface area contributed by atoms with Crippen LogP contribution in [-0.2, 0) is 11.2 Å². The van der Waals surface area contributed by atoms with Crippen molar-refractivity contribution in [3.8, 4) is 11.3 Å². The van der Waals surface area contributed by atoms with Gasteiger partial charge in [0.2, 0.25) is 0 Å². The lowest BCUT2D eigenvalue weighted by molar-refractivity contribution is 0.00699. The van der Waals surface area contributed by atoms with Crippen molar-refractivity contribution in [2.45, 2.75) is 32.7 Å². The fourth-order valence-electron chi connectivity index (χ4n) is 3.92. The van der Waals surface area contributed by atoms with Gasteiger partial charge in [0.1, 0.15) is 5.82 Å². The van der Waals surface area contributed by atoms with Crippen LogP contribution >= 0.6 is 0 Å². The molecule has 0 bridgehead atoms. The van der Waals surface area contributed by atoms with Crippen LogP contribution in [0.5, 0.6) is 0 Å². The maximum absolute atomic E-state index is 13.4. The Kier molecular flexibility index (Phi) is 8.43. The minimum atomic E-state index is -0.275. The average molecular weight is 432 g/mol. The number of hydrogen-bond acceptors (Lipinski definition) is 4. The highest BCUT2D eigenvalue weighted by Gasteiger charge is 2.24. The number of urea groups is 1. The van der Waals surface area contributed by atoms with Crippen molar-refractivity contribution in [1.29, 1.82) is 0 Å². The number of amides is 2. The van der Waals surface area contributed by atoms with Crippen LogP contribution in [0.3, 0.4) is 0 Å². The highest BCUT2D eigenvalue weighted by atomic mass is 19.1. The molecule has 1 saturated heterocycles. The fourth-order valence-corrected chi connectivity index (χ4v) is 3.92. The lowest BCUT2D eigenvalue weighted by atomic mass is 10.0. The molecule has 31 heavy (non-hydrogen) atoms. The highest BCUT2D eigenvalue weighted by molar-refractivity contribution is 5.73. The quantitative estimate of drug-likeness (QED) is 0.640. The number of halogens is 1. The van der Waals surface area contributed by atoms with Gasteiger partial charge in [-0.25, -0.2) is 9.18 Å². The molecule has 2 aromatic rings. The van der Waals surface area contributed by atoms with Crippen LogP contribution in [0.15, 0.2) is 30.3 Å². The summed E-state index contributed by atoms with van der Waals surface area (Å²) in [6, 6.07) is 8.60. The second-order valence-corrected chi connectivity index (χ2v) is 8.46. The Bertz CT molecular complexity index is 835. The zero-order valence-electron chi connectivity index (χ0n) is 18.7. The van der Waals surface area contributed by atoms with Crippen molar-refractivity contribution in [1.82, 2.24) is 25.3 Å². The number of morpholine rings is 1. The van der Waals surface area contributed by atoms with Crippen molar-refractivity contribution >= 4 is 6.03 Å². The number of aryl methyl sites for hydroxylation is 1. The number of ether oxygens (including phenoxy) is 1. The minimum Gasteiger partial charge on any atom is -0.379 e. The molecule has 170 valence electrons. The Morgan fingerprint density at radius 3 is 2.81 bits per heavy atom. The zero-order chi connectivity index (χ0) is 22.2. The van der Waals surface area contributed by atoms with Crippen LogP contribution in [0.2, 0.25) is 0 Å². The molecule has 0 spiro atoms. The van der Waals surface area contributed by atoms with Gasteiger partial charge in [-0.3, -0.25) is 10.00 Å². The molecule has 2 N–H and O–H groups in total. The number of hydrogen-bond donors (Lipinski definition) is 2. The molecule has 2 heterocycles. The van der Waals surface area contributed by atoms with E-state index in [2.05, 4.69) is 34.3 Å². The molecular weight excluding hydrogens is 397 g/mol. The number of aromatic nitrogens is 2. The number of nitrogens with zero attached hydrogens (tertiary/aromatic N) is 3. The summed E-state index contributed by atoms with van der Waals surface area (Å²) in [6.45, 7) is 9.00. The standard InChI is InChI=1S/C23H34FN5O2/c1-17(2)22(29-10-12-31-13-11-29)16-25-23(30)28(3)9-5-8-20-15-21(27-26-20)18-6-4-7-19(24)14-18/h4,6-7,14-15,17,22H,5,8-13,16H2,1-3H3,(H,25,30)(H,26,27). The minimum absolute atomic E-state index is 0.0519. The third-order valence-electron chi connectivity index (χ3n) is 5.78. The largest absolute Gasteiger partial charge is 0.379 e. The van der Waals surface area contributed by atoms with E-state index >= 15 is 0 Å². The van der Waals surface area contributed by atoms with Gasteiger partial charge in [-0.15, -0.1) is 0 Å².